The van der Waals surface area contributed by atoms with Gasteiger partial charge in [-0.25, -0.2) is 13.6 Å². The molecule has 0 aliphatic carbocycles. The zero-order valence-corrected chi connectivity index (χ0v) is 6.85. The minimum absolute atomic E-state index is 0.291. The standard InChI is InChI=1S/C7H6F2N2O3/c8-5(9)3-14-6-4(7(12)13)1-2-10-11-6/h1-2,5H,3H2,(H,12,13). The lowest BCUT2D eigenvalue weighted by Gasteiger charge is -2.05. The largest absolute Gasteiger partial charge is 0.477 e. The first-order valence-electron chi connectivity index (χ1n) is 3.57. The Hall–Kier alpha value is -1.79. The van der Waals surface area contributed by atoms with Gasteiger partial charge in [0.15, 0.2) is 6.61 Å². The van der Waals surface area contributed by atoms with E-state index in [1.165, 1.54) is 0 Å². The number of halogens is 2. The molecule has 0 fully saturated rings. The Morgan fingerprint density at radius 2 is 2.36 bits per heavy atom. The summed E-state index contributed by atoms with van der Waals surface area (Å²) in [6.45, 7) is -0.904. The number of aromatic carboxylic acids is 1. The quantitative estimate of drug-likeness (QED) is 0.785. The second kappa shape index (κ2) is 4.45. The van der Waals surface area contributed by atoms with E-state index in [2.05, 4.69) is 14.9 Å². The highest BCUT2D eigenvalue weighted by Crippen LogP contribution is 2.13. The summed E-state index contributed by atoms with van der Waals surface area (Å²) in [7, 11) is 0. The molecule has 0 aromatic carbocycles. The van der Waals surface area contributed by atoms with E-state index in [1.54, 1.807) is 0 Å². The van der Waals surface area contributed by atoms with Crippen LogP contribution in [0.4, 0.5) is 8.78 Å². The van der Waals surface area contributed by atoms with E-state index in [9.17, 15) is 13.6 Å². The molecule has 0 saturated carbocycles. The van der Waals surface area contributed by atoms with Crippen LogP contribution in [0.3, 0.4) is 0 Å². The third-order valence-electron chi connectivity index (χ3n) is 1.26. The summed E-state index contributed by atoms with van der Waals surface area (Å²) in [5.41, 5.74) is -0.291. The smallest absolute Gasteiger partial charge is 0.341 e. The molecule has 76 valence electrons. The zero-order chi connectivity index (χ0) is 10.6. The maximum absolute atomic E-state index is 11.7. The second-order valence-electron chi connectivity index (χ2n) is 2.26. The minimum Gasteiger partial charge on any atom is -0.477 e. The van der Waals surface area contributed by atoms with Crippen molar-refractivity contribution in [3.63, 3.8) is 0 Å². The molecule has 1 aromatic heterocycles. The predicted octanol–water partition coefficient (Wildman–Crippen LogP) is 0.819. The molecule has 0 unspecified atom stereocenters. The molecular weight excluding hydrogens is 198 g/mol. The Morgan fingerprint density at radius 3 is 2.93 bits per heavy atom. The first kappa shape index (κ1) is 10.3. The summed E-state index contributed by atoms with van der Waals surface area (Å²) in [6.07, 6.45) is -1.54. The Bertz CT molecular complexity index is 332. The summed E-state index contributed by atoms with van der Waals surface area (Å²) in [6, 6.07) is 1.12. The molecule has 0 saturated heterocycles. The molecule has 0 spiro atoms. The zero-order valence-electron chi connectivity index (χ0n) is 6.85. The van der Waals surface area contributed by atoms with Gasteiger partial charge in [0.1, 0.15) is 5.56 Å². The highest BCUT2D eigenvalue weighted by molar-refractivity contribution is 5.89. The highest BCUT2D eigenvalue weighted by Gasteiger charge is 2.14. The van der Waals surface area contributed by atoms with E-state index in [0.29, 0.717) is 0 Å². The molecule has 1 N–H and O–H groups in total. The van der Waals surface area contributed by atoms with E-state index < -0.39 is 24.9 Å². The summed E-state index contributed by atoms with van der Waals surface area (Å²) in [5, 5.41) is 15.2. The van der Waals surface area contributed by atoms with E-state index in [0.717, 1.165) is 12.3 Å². The van der Waals surface area contributed by atoms with Gasteiger partial charge < -0.3 is 9.84 Å². The lowest BCUT2D eigenvalue weighted by atomic mass is 10.3. The maximum Gasteiger partial charge on any atom is 0.341 e. The van der Waals surface area contributed by atoms with Crippen molar-refractivity contribution in [2.75, 3.05) is 6.61 Å². The van der Waals surface area contributed by atoms with Gasteiger partial charge in [-0.15, -0.1) is 5.10 Å². The van der Waals surface area contributed by atoms with Crippen LogP contribution in [0.25, 0.3) is 0 Å². The highest BCUT2D eigenvalue weighted by atomic mass is 19.3. The van der Waals surface area contributed by atoms with Crippen LogP contribution in [0.15, 0.2) is 12.3 Å². The monoisotopic (exact) mass is 204 g/mol. The molecule has 1 rings (SSSR count). The molecule has 1 heterocycles. The molecule has 5 nitrogen and oxygen atoms in total. The van der Waals surface area contributed by atoms with Crippen molar-refractivity contribution in [1.82, 2.24) is 10.2 Å². The molecule has 0 atom stereocenters. The van der Waals surface area contributed by atoms with Crippen LogP contribution < -0.4 is 4.74 Å². The van der Waals surface area contributed by atoms with Crippen molar-refractivity contribution in [1.29, 1.82) is 0 Å². The normalized spacial score (nSPS) is 10.2. The molecule has 0 amide bonds. The van der Waals surface area contributed by atoms with Crippen LogP contribution in [0.2, 0.25) is 0 Å². The van der Waals surface area contributed by atoms with Crippen LogP contribution in [0.1, 0.15) is 10.4 Å². The fourth-order valence-electron chi connectivity index (χ4n) is 0.730. The molecule has 0 bridgehead atoms. The summed E-state index contributed by atoms with van der Waals surface area (Å²) < 4.78 is 27.9. The summed E-state index contributed by atoms with van der Waals surface area (Å²) in [5.74, 6) is -1.70. The van der Waals surface area contributed by atoms with Gasteiger partial charge in [0.05, 0.1) is 6.20 Å². The van der Waals surface area contributed by atoms with Gasteiger partial charge >= 0.3 is 5.97 Å². The number of hydrogen-bond donors (Lipinski definition) is 1. The minimum atomic E-state index is -2.68. The number of aromatic nitrogens is 2. The topological polar surface area (TPSA) is 72.3 Å². The number of hydrogen-bond acceptors (Lipinski definition) is 4. The van der Waals surface area contributed by atoms with Gasteiger partial charge in [-0.3, -0.25) is 0 Å². The Morgan fingerprint density at radius 1 is 1.64 bits per heavy atom. The number of alkyl halides is 2. The molecule has 0 aliphatic heterocycles. The van der Waals surface area contributed by atoms with Crippen LogP contribution in [0, 0.1) is 0 Å². The molecule has 0 radical (unpaired) electrons. The second-order valence-corrected chi connectivity index (χ2v) is 2.26. The number of carboxylic acids is 1. The number of nitrogens with zero attached hydrogens (tertiary/aromatic N) is 2. The van der Waals surface area contributed by atoms with Gasteiger partial charge in [0.25, 0.3) is 6.43 Å². The van der Waals surface area contributed by atoms with Gasteiger partial charge in [-0.2, -0.15) is 5.10 Å². The van der Waals surface area contributed by atoms with Crippen LogP contribution in [0.5, 0.6) is 5.88 Å². The van der Waals surface area contributed by atoms with Crippen LogP contribution >= 0.6 is 0 Å². The van der Waals surface area contributed by atoms with Crippen molar-refractivity contribution in [3.05, 3.63) is 17.8 Å². The van der Waals surface area contributed by atoms with Gasteiger partial charge in [0, 0.05) is 0 Å². The molecular formula is C7H6F2N2O3. The summed E-state index contributed by atoms with van der Waals surface area (Å²) >= 11 is 0. The maximum atomic E-state index is 11.7. The van der Waals surface area contributed by atoms with Gasteiger partial charge in [-0.1, -0.05) is 0 Å². The molecule has 14 heavy (non-hydrogen) atoms. The van der Waals surface area contributed by atoms with Crippen molar-refractivity contribution in [2.45, 2.75) is 6.43 Å². The lowest BCUT2D eigenvalue weighted by molar-refractivity contribution is 0.0654. The van der Waals surface area contributed by atoms with Gasteiger partial charge in [0.2, 0.25) is 5.88 Å². The fraction of sp³-hybridized carbons (Fsp3) is 0.286. The van der Waals surface area contributed by atoms with Crippen LogP contribution in [-0.4, -0.2) is 34.3 Å². The van der Waals surface area contributed by atoms with Crippen molar-refractivity contribution in [3.8, 4) is 5.88 Å². The average Bonchev–Trinajstić information content (AvgIpc) is 2.15. The Balaban J connectivity index is 2.79. The van der Waals surface area contributed by atoms with Crippen molar-refractivity contribution < 1.29 is 23.4 Å². The number of rotatable bonds is 4. The Labute approximate surface area is 77.3 Å². The third-order valence-corrected chi connectivity index (χ3v) is 1.26. The number of ether oxygens (including phenoxy) is 1. The van der Waals surface area contributed by atoms with Gasteiger partial charge in [-0.05, 0) is 6.07 Å². The molecule has 7 heteroatoms. The third kappa shape index (κ3) is 2.61. The van der Waals surface area contributed by atoms with Crippen molar-refractivity contribution in [2.24, 2.45) is 0 Å². The first-order valence-corrected chi connectivity index (χ1v) is 3.57. The van der Waals surface area contributed by atoms with Crippen LogP contribution in [-0.2, 0) is 0 Å². The van der Waals surface area contributed by atoms with E-state index in [4.69, 9.17) is 5.11 Å². The van der Waals surface area contributed by atoms with E-state index in [1.807, 2.05) is 0 Å². The first-order chi connectivity index (χ1) is 6.61. The summed E-state index contributed by atoms with van der Waals surface area (Å²) in [4.78, 5) is 10.5. The lowest BCUT2D eigenvalue weighted by Crippen LogP contribution is -2.11. The van der Waals surface area contributed by atoms with E-state index in [-0.39, 0.29) is 5.56 Å². The SMILES string of the molecule is O=C(O)c1ccnnc1OCC(F)F. The Kier molecular flexibility index (Phi) is 3.27. The molecule has 0 aliphatic rings. The predicted molar refractivity (Wildman–Crippen MR) is 40.5 cm³/mol. The molecule has 1 aromatic rings. The van der Waals surface area contributed by atoms with Crippen molar-refractivity contribution >= 4 is 5.97 Å². The number of carboxylic acid groups (broad SMARTS) is 1. The average molecular weight is 204 g/mol. The van der Waals surface area contributed by atoms with E-state index >= 15 is 0 Å². The number of carbonyl (C=O) groups is 1. The fourth-order valence-corrected chi connectivity index (χ4v) is 0.730.